The Morgan fingerprint density at radius 1 is 1.13 bits per heavy atom. The van der Waals surface area contributed by atoms with Gasteiger partial charge in [-0.05, 0) is 25.3 Å². The molecule has 0 radical (unpaired) electrons. The van der Waals surface area contributed by atoms with Gasteiger partial charge in [0, 0.05) is 31.4 Å². The number of hydrogen-bond acceptors (Lipinski definition) is 7. The summed E-state index contributed by atoms with van der Waals surface area (Å²) in [4.78, 5) is 21.1. The molecule has 1 amide bonds. The smallest absolute Gasteiger partial charge is 0.284 e. The van der Waals surface area contributed by atoms with Crippen LogP contribution in [0, 0.1) is 12.1 Å². The lowest BCUT2D eigenvalue weighted by Crippen LogP contribution is -2.49. The fourth-order valence-electron chi connectivity index (χ4n) is 4.65. The van der Waals surface area contributed by atoms with Gasteiger partial charge in [0.25, 0.3) is 11.7 Å². The minimum atomic E-state index is -0.577. The van der Waals surface area contributed by atoms with Crippen molar-refractivity contribution < 1.29 is 9.52 Å². The summed E-state index contributed by atoms with van der Waals surface area (Å²) >= 11 is 0. The molecule has 10 nitrogen and oxygen atoms in total. The van der Waals surface area contributed by atoms with Crippen molar-refractivity contribution in [3.63, 3.8) is 0 Å². The number of nitrogens with zero attached hydrogens (tertiary/aromatic N) is 5. The van der Waals surface area contributed by atoms with Crippen LogP contribution >= 0.6 is 0 Å². The Hall–Kier alpha value is -3.69. The number of rotatable bonds is 4. The molecule has 0 unspecified atom stereocenters. The van der Waals surface area contributed by atoms with E-state index in [0.29, 0.717) is 34.5 Å². The quantitative estimate of drug-likeness (QED) is 0.438. The van der Waals surface area contributed by atoms with Crippen molar-refractivity contribution in [3.05, 3.63) is 52.8 Å². The number of hydrogen-bond donors (Lipinski definition) is 3. The van der Waals surface area contributed by atoms with Crippen molar-refractivity contribution in [2.24, 2.45) is 7.05 Å². The monoisotopic (exact) mass is 420 g/mol. The third-order valence-corrected chi connectivity index (χ3v) is 6.04. The van der Waals surface area contributed by atoms with Crippen molar-refractivity contribution >= 4 is 29.2 Å². The van der Waals surface area contributed by atoms with Gasteiger partial charge in [0.2, 0.25) is 5.82 Å². The molecular formula is C21H24N8O2. The SMILES string of the molecule is Cc1cc(Nc2cc(Nc3ccn(C)n3)ncn2)[n+]([O-])c2c1C(=O)NC21CCCCC1. The molecule has 1 saturated carbocycles. The van der Waals surface area contributed by atoms with E-state index in [-0.39, 0.29) is 5.91 Å². The summed E-state index contributed by atoms with van der Waals surface area (Å²) in [5.41, 5.74) is 1.22. The molecule has 0 saturated heterocycles. The predicted octanol–water partition coefficient (Wildman–Crippen LogP) is 2.54. The van der Waals surface area contributed by atoms with E-state index in [9.17, 15) is 10.0 Å². The summed E-state index contributed by atoms with van der Waals surface area (Å²) < 4.78 is 2.55. The number of carbonyl (C=O) groups is 1. The molecule has 10 heteroatoms. The lowest BCUT2D eigenvalue weighted by atomic mass is 9.79. The summed E-state index contributed by atoms with van der Waals surface area (Å²) in [6, 6.07) is 5.23. The van der Waals surface area contributed by atoms with Gasteiger partial charge in [0.1, 0.15) is 23.4 Å². The minimum absolute atomic E-state index is 0.158. The maximum absolute atomic E-state index is 13.4. The van der Waals surface area contributed by atoms with Crippen molar-refractivity contribution in [2.75, 3.05) is 10.6 Å². The zero-order chi connectivity index (χ0) is 21.6. The molecule has 5 rings (SSSR count). The predicted molar refractivity (Wildman–Crippen MR) is 114 cm³/mol. The highest BCUT2D eigenvalue weighted by molar-refractivity contribution is 6.00. The first-order valence-electron chi connectivity index (χ1n) is 10.4. The van der Waals surface area contributed by atoms with Gasteiger partial charge in [-0.15, -0.1) is 0 Å². The Labute approximate surface area is 179 Å². The Bertz CT molecular complexity index is 1170. The first kappa shape index (κ1) is 19.3. The summed E-state index contributed by atoms with van der Waals surface area (Å²) in [6.07, 6.45) is 7.90. The van der Waals surface area contributed by atoms with E-state index in [0.717, 1.165) is 42.4 Å². The topological polar surface area (TPSA) is 124 Å². The highest BCUT2D eigenvalue weighted by atomic mass is 16.5. The number of fused-ring (bicyclic) bond motifs is 2. The fourth-order valence-corrected chi connectivity index (χ4v) is 4.65. The van der Waals surface area contributed by atoms with Crippen LogP contribution in [0.2, 0.25) is 0 Å². The van der Waals surface area contributed by atoms with Crippen LogP contribution in [0.1, 0.15) is 53.7 Å². The molecular weight excluding hydrogens is 396 g/mol. The Balaban J connectivity index is 1.48. The van der Waals surface area contributed by atoms with Crippen molar-refractivity contribution in [1.29, 1.82) is 0 Å². The minimum Gasteiger partial charge on any atom is -0.710 e. The Morgan fingerprint density at radius 3 is 2.58 bits per heavy atom. The highest BCUT2D eigenvalue weighted by Gasteiger charge is 2.48. The second kappa shape index (κ2) is 7.22. The number of amides is 1. The van der Waals surface area contributed by atoms with Gasteiger partial charge < -0.3 is 15.8 Å². The molecule has 1 aliphatic heterocycles. The maximum Gasteiger partial charge on any atom is 0.284 e. The molecule has 1 spiro atoms. The number of anilines is 4. The first-order chi connectivity index (χ1) is 14.9. The molecule has 0 bridgehead atoms. The molecule has 2 aliphatic rings. The number of pyridine rings is 1. The van der Waals surface area contributed by atoms with Crippen LogP contribution in [0.3, 0.4) is 0 Å². The Morgan fingerprint density at radius 2 is 1.87 bits per heavy atom. The fraction of sp³-hybridized carbons (Fsp3) is 0.381. The summed E-state index contributed by atoms with van der Waals surface area (Å²) in [6.45, 7) is 1.86. The van der Waals surface area contributed by atoms with Gasteiger partial charge in [0.05, 0.1) is 5.56 Å². The van der Waals surface area contributed by atoms with Gasteiger partial charge in [-0.3, -0.25) is 9.48 Å². The van der Waals surface area contributed by atoms with E-state index >= 15 is 0 Å². The third-order valence-electron chi connectivity index (χ3n) is 6.04. The highest BCUT2D eigenvalue weighted by Crippen LogP contribution is 2.42. The molecule has 3 aromatic heterocycles. The van der Waals surface area contributed by atoms with E-state index in [4.69, 9.17) is 0 Å². The molecule has 0 atom stereocenters. The van der Waals surface area contributed by atoms with Gasteiger partial charge in [-0.1, -0.05) is 19.3 Å². The van der Waals surface area contributed by atoms with Crippen LogP contribution in [0.25, 0.3) is 0 Å². The van der Waals surface area contributed by atoms with Crippen LogP contribution in [0.4, 0.5) is 23.3 Å². The van der Waals surface area contributed by atoms with Crippen LogP contribution in [0.5, 0.6) is 0 Å². The molecule has 3 N–H and O–H groups in total. The van der Waals surface area contributed by atoms with Gasteiger partial charge in [-0.2, -0.15) is 10.1 Å². The molecule has 1 aliphatic carbocycles. The average molecular weight is 420 g/mol. The third kappa shape index (κ3) is 3.33. The zero-order valence-electron chi connectivity index (χ0n) is 17.5. The van der Waals surface area contributed by atoms with Crippen LogP contribution in [-0.2, 0) is 12.6 Å². The Kier molecular flexibility index (Phi) is 4.49. The van der Waals surface area contributed by atoms with Crippen molar-refractivity contribution in [1.82, 2.24) is 25.1 Å². The van der Waals surface area contributed by atoms with Crippen molar-refractivity contribution in [2.45, 2.75) is 44.6 Å². The molecule has 31 heavy (non-hydrogen) atoms. The number of carbonyl (C=O) groups excluding carboxylic acids is 1. The van der Waals surface area contributed by atoms with Crippen LogP contribution in [-0.4, -0.2) is 25.7 Å². The van der Waals surface area contributed by atoms with E-state index in [1.807, 2.05) is 26.2 Å². The molecule has 4 heterocycles. The summed E-state index contributed by atoms with van der Waals surface area (Å²) in [7, 11) is 1.83. The second-order valence-electron chi connectivity index (χ2n) is 8.24. The van der Waals surface area contributed by atoms with Gasteiger partial charge in [-0.25, -0.2) is 15.0 Å². The summed E-state index contributed by atoms with van der Waals surface area (Å²) in [5.74, 6) is 1.84. The molecule has 3 aromatic rings. The van der Waals surface area contributed by atoms with E-state index < -0.39 is 5.54 Å². The number of aromatic nitrogens is 5. The lowest BCUT2D eigenvalue weighted by Gasteiger charge is -2.34. The number of aryl methyl sites for hydroxylation is 2. The van der Waals surface area contributed by atoms with Gasteiger partial charge in [0.15, 0.2) is 5.82 Å². The molecule has 1 fully saturated rings. The average Bonchev–Trinajstić information content (AvgIpc) is 3.27. The van der Waals surface area contributed by atoms with Gasteiger partial charge >= 0.3 is 0 Å². The first-order valence-corrected chi connectivity index (χ1v) is 10.4. The molecule has 160 valence electrons. The van der Waals surface area contributed by atoms with Crippen LogP contribution in [0.15, 0.2) is 30.7 Å². The maximum atomic E-state index is 13.4. The van der Waals surface area contributed by atoms with Crippen LogP contribution < -0.4 is 20.7 Å². The van der Waals surface area contributed by atoms with Crippen molar-refractivity contribution in [3.8, 4) is 0 Å². The zero-order valence-corrected chi connectivity index (χ0v) is 17.5. The molecule has 0 aromatic carbocycles. The standard InChI is InChI=1S/C21H24N8O2/c1-13-10-17(25-16-11-15(22-12-23-16)24-14-6-9-28(2)27-14)29(31)19-18(13)20(30)26-21(19)7-4-3-5-8-21/h6,9-12H,3-5,7-8H2,1-2H3,(H,26,30)(H2,22,23,24,25,27). The van der Waals surface area contributed by atoms with E-state index in [1.165, 1.54) is 6.33 Å². The summed E-state index contributed by atoms with van der Waals surface area (Å²) in [5, 5.41) is 27.0. The number of nitrogens with one attached hydrogen (secondary N) is 3. The second-order valence-corrected chi connectivity index (χ2v) is 8.24. The van der Waals surface area contributed by atoms with E-state index in [1.54, 1.807) is 16.8 Å². The lowest BCUT2D eigenvalue weighted by molar-refractivity contribution is -0.603. The normalized spacial score (nSPS) is 16.8. The largest absolute Gasteiger partial charge is 0.710 e. The van der Waals surface area contributed by atoms with E-state index in [2.05, 4.69) is 31.0 Å².